The highest BCUT2D eigenvalue weighted by Gasteiger charge is 2.23. The normalized spacial score (nSPS) is 16.7. The molecule has 0 saturated carbocycles. The van der Waals surface area contributed by atoms with Gasteiger partial charge in [0.05, 0.1) is 0 Å². The van der Waals surface area contributed by atoms with Gasteiger partial charge in [-0.25, -0.2) is 4.39 Å². The highest BCUT2D eigenvalue weighted by atomic mass is 19.1. The lowest BCUT2D eigenvalue weighted by atomic mass is 10.0. The van der Waals surface area contributed by atoms with Crippen LogP contribution in [0.5, 0.6) is 0 Å². The SMILES string of the molecule is CCCNCc1c(F)cccc1N1CCC(N(C)C)CC1. The number of anilines is 1. The van der Waals surface area contributed by atoms with Crippen molar-refractivity contribution in [1.82, 2.24) is 10.2 Å². The molecule has 3 nitrogen and oxygen atoms in total. The van der Waals surface area contributed by atoms with E-state index in [-0.39, 0.29) is 5.82 Å². The van der Waals surface area contributed by atoms with Crippen molar-refractivity contribution < 1.29 is 4.39 Å². The fourth-order valence-corrected chi connectivity index (χ4v) is 3.03. The van der Waals surface area contributed by atoms with Gasteiger partial charge < -0.3 is 15.1 Å². The van der Waals surface area contributed by atoms with Gasteiger partial charge in [0.15, 0.2) is 0 Å². The molecule has 0 atom stereocenters. The summed E-state index contributed by atoms with van der Waals surface area (Å²) < 4.78 is 14.2. The van der Waals surface area contributed by atoms with Crippen LogP contribution in [-0.2, 0) is 6.54 Å². The van der Waals surface area contributed by atoms with E-state index in [1.807, 2.05) is 6.07 Å². The van der Waals surface area contributed by atoms with E-state index in [9.17, 15) is 4.39 Å². The van der Waals surface area contributed by atoms with E-state index in [1.165, 1.54) is 0 Å². The van der Waals surface area contributed by atoms with Gasteiger partial charge in [-0.05, 0) is 52.0 Å². The molecule has 1 aromatic rings. The predicted octanol–water partition coefficient (Wildman–Crippen LogP) is 2.86. The van der Waals surface area contributed by atoms with Crippen LogP contribution in [-0.4, -0.2) is 44.7 Å². The van der Waals surface area contributed by atoms with E-state index in [0.717, 1.165) is 50.1 Å². The molecule has 1 aliphatic heterocycles. The monoisotopic (exact) mass is 293 g/mol. The molecule has 0 amide bonds. The summed E-state index contributed by atoms with van der Waals surface area (Å²) in [5, 5.41) is 3.32. The second-order valence-electron chi connectivity index (χ2n) is 6.10. The van der Waals surface area contributed by atoms with Crippen LogP contribution in [0.1, 0.15) is 31.7 Å². The molecule has 21 heavy (non-hydrogen) atoms. The molecule has 1 fully saturated rings. The van der Waals surface area contributed by atoms with Crippen molar-refractivity contribution in [2.24, 2.45) is 0 Å². The summed E-state index contributed by atoms with van der Waals surface area (Å²) in [6.07, 6.45) is 3.36. The van der Waals surface area contributed by atoms with Crippen molar-refractivity contribution in [1.29, 1.82) is 0 Å². The fraction of sp³-hybridized carbons (Fsp3) is 0.647. The molecular formula is C17H28FN3. The summed E-state index contributed by atoms with van der Waals surface area (Å²) in [7, 11) is 4.28. The van der Waals surface area contributed by atoms with Crippen LogP contribution < -0.4 is 10.2 Å². The molecule has 1 N–H and O–H groups in total. The Kier molecular flexibility index (Phi) is 6.00. The van der Waals surface area contributed by atoms with Crippen LogP contribution in [0.3, 0.4) is 0 Å². The number of benzene rings is 1. The third-order valence-electron chi connectivity index (χ3n) is 4.36. The lowest BCUT2D eigenvalue weighted by molar-refractivity contribution is 0.249. The maximum atomic E-state index is 14.2. The average Bonchev–Trinajstić information content (AvgIpc) is 2.49. The summed E-state index contributed by atoms with van der Waals surface area (Å²) >= 11 is 0. The molecule has 2 rings (SSSR count). The van der Waals surface area contributed by atoms with E-state index in [2.05, 4.69) is 42.2 Å². The number of nitrogens with one attached hydrogen (secondary N) is 1. The van der Waals surface area contributed by atoms with Crippen molar-refractivity contribution in [2.75, 3.05) is 38.6 Å². The van der Waals surface area contributed by atoms with E-state index in [4.69, 9.17) is 0 Å². The van der Waals surface area contributed by atoms with E-state index in [0.29, 0.717) is 12.6 Å². The van der Waals surface area contributed by atoms with Gasteiger partial charge in [0.2, 0.25) is 0 Å². The van der Waals surface area contributed by atoms with Crippen molar-refractivity contribution in [2.45, 2.75) is 38.8 Å². The van der Waals surface area contributed by atoms with Crippen molar-refractivity contribution in [3.8, 4) is 0 Å². The summed E-state index contributed by atoms with van der Waals surface area (Å²) in [5.41, 5.74) is 1.88. The van der Waals surface area contributed by atoms with Crippen molar-refractivity contribution in [3.63, 3.8) is 0 Å². The molecule has 1 aliphatic rings. The molecule has 0 spiro atoms. The Hall–Kier alpha value is -1.13. The number of nitrogens with zero attached hydrogens (tertiary/aromatic N) is 2. The lowest BCUT2D eigenvalue weighted by Gasteiger charge is -2.37. The Bertz CT molecular complexity index is 440. The van der Waals surface area contributed by atoms with E-state index >= 15 is 0 Å². The second kappa shape index (κ2) is 7.76. The van der Waals surface area contributed by atoms with Gasteiger partial charge in [0.1, 0.15) is 5.82 Å². The molecule has 0 bridgehead atoms. The second-order valence-corrected chi connectivity index (χ2v) is 6.10. The van der Waals surface area contributed by atoms with Crippen LogP contribution in [0.15, 0.2) is 18.2 Å². The minimum Gasteiger partial charge on any atom is -0.371 e. The Morgan fingerprint density at radius 3 is 2.62 bits per heavy atom. The number of rotatable bonds is 6. The Morgan fingerprint density at radius 1 is 1.29 bits per heavy atom. The lowest BCUT2D eigenvalue weighted by Crippen LogP contribution is -2.42. The van der Waals surface area contributed by atoms with Gasteiger partial charge in [-0.15, -0.1) is 0 Å². The van der Waals surface area contributed by atoms with Gasteiger partial charge >= 0.3 is 0 Å². The minimum absolute atomic E-state index is 0.0918. The third kappa shape index (κ3) is 4.17. The number of piperidine rings is 1. The summed E-state index contributed by atoms with van der Waals surface area (Å²) in [6, 6.07) is 6.10. The smallest absolute Gasteiger partial charge is 0.129 e. The minimum atomic E-state index is -0.0918. The first-order valence-electron chi connectivity index (χ1n) is 8.03. The molecule has 0 aliphatic carbocycles. The van der Waals surface area contributed by atoms with Crippen LogP contribution in [0.2, 0.25) is 0 Å². The van der Waals surface area contributed by atoms with Crippen molar-refractivity contribution in [3.05, 3.63) is 29.6 Å². The molecular weight excluding hydrogens is 265 g/mol. The Morgan fingerprint density at radius 2 is 2.00 bits per heavy atom. The summed E-state index contributed by atoms with van der Waals surface area (Å²) in [6.45, 7) is 5.68. The summed E-state index contributed by atoms with van der Waals surface area (Å²) in [5.74, 6) is -0.0918. The van der Waals surface area contributed by atoms with Crippen LogP contribution in [0.25, 0.3) is 0 Å². The van der Waals surface area contributed by atoms with Crippen LogP contribution >= 0.6 is 0 Å². The van der Waals surface area contributed by atoms with E-state index in [1.54, 1.807) is 6.07 Å². The van der Waals surface area contributed by atoms with Gasteiger partial charge in [-0.2, -0.15) is 0 Å². The standard InChI is InChI=1S/C17H28FN3/c1-4-10-19-13-15-16(18)6-5-7-17(15)21-11-8-14(9-12-21)20(2)3/h5-7,14,19H,4,8-13H2,1-3H3. The number of hydrogen-bond acceptors (Lipinski definition) is 3. The molecule has 1 heterocycles. The van der Waals surface area contributed by atoms with Gasteiger partial charge in [-0.1, -0.05) is 13.0 Å². The Labute approximate surface area is 128 Å². The maximum absolute atomic E-state index is 14.2. The largest absolute Gasteiger partial charge is 0.371 e. The molecule has 0 radical (unpaired) electrons. The quantitative estimate of drug-likeness (QED) is 0.814. The number of halogens is 1. The third-order valence-corrected chi connectivity index (χ3v) is 4.36. The first-order chi connectivity index (χ1) is 10.1. The van der Waals surface area contributed by atoms with E-state index < -0.39 is 0 Å². The van der Waals surface area contributed by atoms with Crippen molar-refractivity contribution >= 4 is 5.69 Å². The first kappa shape index (κ1) is 16.2. The molecule has 1 saturated heterocycles. The summed E-state index contributed by atoms with van der Waals surface area (Å²) in [4.78, 5) is 4.64. The molecule has 118 valence electrons. The van der Waals surface area contributed by atoms with Gasteiger partial charge in [0.25, 0.3) is 0 Å². The molecule has 0 aromatic heterocycles. The highest BCUT2D eigenvalue weighted by Crippen LogP contribution is 2.27. The zero-order valence-corrected chi connectivity index (χ0v) is 13.5. The number of hydrogen-bond donors (Lipinski definition) is 1. The predicted molar refractivity (Wildman–Crippen MR) is 87.3 cm³/mol. The first-order valence-corrected chi connectivity index (χ1v) is 8.03. The molecule has 4 heteroatoms. The zero-order valence-electron chi connectivity index (χ0n) is 13.5. The van der Waals surface area contributed by atoms with Gasteiger partial charge in [0, 0.05) is 36.9 Å². The molecule has 0 unspecified atom stereocenters. The zero-order chi connectivity index (χ0) is 15.2. The Balaban J connectivity index is 2.07. The van der Waals surface area contributed by atoms with Gasteiger partial charge in [-0.3, -0.25) is 0 Å². The van der Waals surface area contributed by atoms with Crippen LogP contribution in [0, 0.1) is 5.82 Å². The maximum Gasteiger partial charge on any atom is 0.129 e. The highest BCUT2D eigenvalue weighted by molar-refractivity contribution is 5.54. The average molecular weight is 293 g/mol. The fourth-order valence-electron chi connectivity index (χ4n) is 3.03. The molecule has 1 aromatic carbocycles. The topological polar surface area (TPSA) is 18.5 Å². The van der Waals surface area contributed by atoms with Crippen LogP contribution in [0.4, 0.5) is 10.1 Å².